The number of sulfonamides is 1. The van der Waals surface area contributed by atoms with E-state index in [9.17, 15) is 13.2 Å². The molecule has 1 amide bonds. The third-order valence-corrected chi connectivity index (χ3v) is 8.53. The second-order valence-electron chi connectivity index (χ2n) is 7.52. The van der Waals surface area contributed by atoms with Gasteiger partial charge < -0.3 is 4.90 Å². The van der Waals surface area contributed by atoms with Gasteiger partial charge in [0.2, 0.25) is 15.9 Å². The van der Waals surface area contributed by atoms with Crippen molar-refractivity contribution in [3.8, 4) is 0 Å². The molecular weight excluding hydrogens is 440 g/mol. The lowest BCUT2D eigenvalue weighted by Gasteiger charge is -2.26. The number of hydrogen-bond acceptors (Lipinski definition) is 3. The Balaban J connectivity index is 1.75. The van der Waals surface area contributed by atoms with Crippen molar-refractivity contribution in [2.75, 3.05) is 18.0 Å². The molecule has 2 aliphatic rings. The van der Waals surface area contributed by atoms with Crippen molar-refractivity contribution in [3.63, 3.8) is 0 Å². The molecule has 0 N–H and O–H groups in total. The zero-order valence-corrected chi connectivity index (χ0v) is 18.4. The van der Waals surface area contributed by atoms with Crippen molar-refractivity contribution in [2.24, 2.45) is 0 Å². The molecule has 4 rings (SSSR count). The number of amides is 1. The molecule has 0 spiro atoms. The molecule has 0 unspecified atom stereocenters. The number of nitrogens with zero attached hydrogens (tertiary/aromatic N) is 2. The SMILES string of the molecule is CC(=O)N1CCc2cc(Br)c(S(=O)(=O)N3CCC[C@H]3c3ccc(C)cc3)cc21. The van der Waals surface area contributed by atoms with Crippen LogP contribution >= 0.6 is 15.9 Å². The minimum atomic E-state index is -3.70. The lowest BCUT2D eigenvalue weighted by molar-refractivity contribution is -0.116. The summed E-state index contributed by atoms with van der Waals surface area (Å²) in [5.74, 6) is -0.0666. The lowest BCUT2D eigenvalue weighted by atomic mass is 10.0. The van der Waals surface area contributed by atoms with Crippen LogP contribution in [-0.4, -0.2) is 31.7 Å². The van der Waals surface area contributed by atoms with Gasteiger partial charge in [-0.05, 0) is 65.4 Å². The molecule has 5 nitrogen and oxygen atoms in total. The van der Waals surface area contributed by atoms with Gasteiger partial charge in [-0.3, -0.25) is 4.79 Å². The zero-order chi connectivity index (χ0) is 20.1. The Hall–Kier alpha value is -1.70. The average molecular weight is 463 g/mol. The Morgan fingerprint density at radius 2 is 1.86 bits per heavy atom. The predicted molar refractivity (Wildman–Crippen MR) is 113 cm³/mol. The van der Waals surface area contributed by atoms with E-state index in [1.54, 1.807) is 15.3 Å². The van der Waals surface area contributed by atoms with Gasteiger partial charge in [-0.1, -0.05) is 29.8 Å². The molecule has 0 aromatic heterocycles. The zero-order valence-electron chi connectivity index (χ0n) is 16.0. The minimum Gasteiger partial charge on any atom is -0.312 e. The third kappa shape index (κ3) is 3.29. The Kier molecular flexibility index (Phi) is 5.10. The van der Waals surface area contributed by atoms with Crippen LogP contribution in [0.3, 0.4) is 0 Å². The fourth-order valence-electron chi connectivity index (χ4n) is 4.19. The van der Waals surface area contributed by atoms with Gasteiger partial charge in [-0.25, -0.2) is 8.42 Å². The molecule has 2 aromatic rings. The molecule has 2 aliphatic heterocycles. The van der Waals surface area contributed by atoms with E-state index < -0.39 is 10.0 Å². The fraction of sp³-hybridized carbons (Fsp3) is 0.381. The van der Waals surface area contributed by atoms with E-state index in [4.69, 9.17) is 0 Å². The standard InChI is InChI=1S/C21H23BrN2O3S/c1-14-5-7-16(8-6-14)19-4-3-10-24(19)28(26,27)21-13-20-17(12-18(21)22)9-11-23(20)15(2)25/h5-8,12-13,19H,3-4,9-11H2,1-2H3/t19-/m0/s1. The van der Waals surface area contributed by atoms with Crippen LogP contribution in [0.15, 0.2) is 45.8 Å². The Morgan fingerprint density at radius 3 is 2.54 bits per heavy atom. The summed E-state index contributed by atoms with van der Waals surface area (Å²) in [6.45, 7) is 4.63. The van der Waals surface area contributed by atoms with Gasteiger partial charge >= 0.3 is 0 Å². The van der Waals surface area contributed by atoms with Gasteiger partial charge in [0.05, 0.1) is 10.9 Å². The van der Waals surface area contributed by atoms with Gasteiger partial charge in [-0.15, -0.1) is 0 Å². The highest BCUT2D eigenvalue weighted by molar-refractivity contribution is 9.10. The van der Waals surface area contributed by atoms with Crippen molar-refractivity contribution < 1.29 is 13.2 Å². The number of fused-ring (bicyclic) bond motifs is 1. The van der Waals surface area contributed by atoms with E-state index in [2.05, 4.69) is 15.9 Å². The average Bonchev–Trinajstić information content (AvgIpc) is 3.28. The summed E-state index contributed by atoms with van der Waals surface area (Å²) in [4.78, 5) is 13.8. The maximum absolute atomic E-state index is 13.6. The summed E-state index contributed by atoms with van der Waals surface area (Å²) >= 11 is 3.47. The van der Waals surface area contributed by atoms with Crippen molar-refractivity contribution in [1.82, 2.24) is 4.31 Å². The molecule has 0 radical (unpaired) electrons. The molecule has 1 atom stereocenters. The fourth-order valence-corrected chi connectivity index (χ4v) is 6.94. The first-order valence-electron chi connectivity index (χ1n) is 9.48. The van der Waals surface area contributed by atoms with Crippen LogP contribution in [0.4, 0.5) is 5.69 Å². The van der Waals surface area contributed by atoms with Gasteiger partial charge in [-0.2, -0.15) is 4.31 Å². The molecular formula is C21H23BrN2O3S. The Morgan fingerprint density at radius 1 is 1.14 bits per heavy atom. The van der Waals surface area contributed by atoms with Crippen LogP contribution in [-0.2, 0) is 21.2 Å². The van der Waals surface area contributed by atoms with Crippen LogP contribution < -0.4 is 4.90 Å². The van der Waals surface area contributed by atoms with Crippen LogP contribution in [0.25, 0.3) is 0 Å². The summed E-state index contributed by atoms with van der Waals surface area (Å²) < 4.78 is 29.3. The number of carbonyl (C=O) groups is 1. The molecule has 1 saturated heterocycles. The third-order valence-electron chi connectivity index (χ3n) is 5.66. The molecule has 148 valence electrons. The molecule has 0 aliphatic carbocycles. The van der Waals surface area contributed by atoms with E-state index in [0.29, 0.717) is 23.2 Å². The van der Waals surface area contributed by atoms with E-state index in [-0.39, 0.29) is 16.8 Å². The van der Waals surface area contributed by atoms with E-state index in [1.807, 2.05) is 37.3 Å². The van der Waals surface area contributed by atoms with Crippen molar-refractivity contribution in [3.05, 3.63) is 57.6 Å². The van der Waals surface area contributed by atoms with E-state index in [0.717, 1.165) is 36.0 Å². The van der Waals surface area contributed by atoms with Crippen LogP contribution in [0.5, 0.6) is 0 Å². The maximum atomic E-state index is 13.6. The summed E-state index contributed by atoms with van der Waals surface area (Å²) in [7, 11) is -3.70. The first kappa shape index (κ1) is 19.6. The highest BCUT2D eigenvalue weighted by atomic mass is 79.9. The quantitative estimate of drug-likeness (QED) is 0.686. The van der Waals surface area contributed by atoms with E-state index in [1.165, 1.54) is 6.92 Å². The van der Waals surface area contributed by atoms with Crippen LogP contribution in [0.2, 0.25) is 0 Å². The van der Waals surface area contributed by atoms with Crippen LogP contribution in [0, 0.1) is 6.92 Å². The Bertz CT molecular complexity index is 1030. The first-order chi connectivity index (χ1) is 13.3. The first-order valence-corrected chi connectivity index (χ1v) is 11.7. The molecule has 0 saturated carbocycles. The monoisotopic (exact) mass is 462 g/mol. The highest BCUT2D eigenvalue weighted by Crippen LogP contribution is 2.41. The number of rotatable bonds is 3. The van der Waals surface area contributed by atoms with Crippen LogP contribution in [0.1, 0.15) is 42.5 Å². The maximum Gasteiger partial charge on any atom is 0.244 e. The Labute approximate surface area is 174 Å². The van der Waals surface area contributed by atoms with E-state index >= 15 is 0 Å². The molecule has 2 aromatic carbocycles. The summed E-state index contributed by atoms with van der Waals surface area (Å²) in [6, 6.07) is 11.4. The summed E-state index contributed by atoms with van der Waals surface area (Å²) in [5.41, 5.74) is 3.88. The number of benzene rings is 2. The number of carbonyl (C=O) groups excluding carboxylic acids is 1. The van der Waals surface area contributed by atoms with Gasteiger partial charge in [0.25, 0.3) is 0 Å². The largest absolute Gasteiger partial charge is 0.312 e. The second-order valence-corrected chi connectivity index (χ2v) is 10.2. The summed E-state index contributed by atoms with van der Waals surface area (Å²) in [6.07, 6.45) is 2.38. The van der Waals surface area contributed by atoms with Gasteiger partial charge in [0.1, 0.15) is 0 Å². The molecule has 1 fully saturated rings. The number of hydrogen-bond donors (Lipinski definition) is 0. The highest BCUT2D eigenvalue weighted by Gasteiger charge is 2.38. The number of anilines is 1. The molecule has 7 heteroatoms. The minimum absolute atomic E-state index is 0.0666. The topological polar surface area (TPSA) is 57.7 Å². The normalized spacial score (nSPS) is 19.8. The van der Waals surface area contributed by atoms with Crippen molar-refractivity contribution in [2.45, 2.75) is 44.0 Å². The number of halogens is 1. The number of aryl methyl sites for hydroxylation is 1. The van der Waals surface area contributed by atoms with Gasteiger partial charge in [0, 0.05) is 30.2 Å². The lowest BCUT2D eigenvalue weighted by Crippen LogP contribution is -2.31. The second kappa shape index (κ2) is 7.28. The van der Waals surface area contributed by atoms with Crippen molar-refractivity contribution >= 4 is 37.5 Å². The molecule has 0 bridgehead atoms. The molecule has 2 heterocycles. The molecule has 28 heavy (non-hydrogen) atoms. The van der Waals surface area contributed by atoms with Crippen molar-refractivity contribution in [1.29, 1.82) is 0 Å². The summed E-state index contributed by atoms with van der Waals surface area (Å²) in [5, 5.41) is 0. The smallest absolute Gasteiger partial charge is 0.244 e. The predicted octanol–water partition coefficient (Wildman–Crippen LogP) is 4.19. The van der Waals surface area contributed by atoms with Gasteiger partial charge in [0.15, 0.2) is 0 Å².